The van der Waals surface area contributed by atoms with E-state index in [0.717, 1.165) is 30.0 Å². The Morgan fingerprint density at radius 1 is 1.16 bits per heavy atom. The van der Waals surface area contributed by atoms with Gasteiger partial charge < -0.3 is 10.1 Å². The molecular weight excluding hydrogens is 384 g/mol. The van der Waals surface area contributed by atoms with Crippen molar-refractivity contribution in [2.45, 2.75) is 94.3 Å². The van der Waals surface area contributed by atoms with Gasteiger partial charge in [0.1, 0.15) is 5.75 Å². The second-order valence-corrected chi connectivity index (χ2v) is 8.77. The van der Waals surface area contributed by atoms with Crippen LogP contribution in [0, 0.1) is 5.41 Å². The zero-order valence-corrected chi connectivity index (χ0v) is 21.8. The first-order valence-electron chi connectivity index (χ1n) is 11.7. The second kappa shape index (κ2) is 14.1. The van der Waals surface area contributed by atoms with Crippen molar-refractivity contribution in [1.29, 1.82) is 0 Å². The number of benzene rings is 1. The highest BCUT2D eigenvalue weighted by atomic mass is 16.5. The summed E-state index contributed by atoms with van der Waals surface area (Å²) in [6.07, 6.45) is 4.83. The predicted octanol–water partition coefficient (Wildman–Crippen LogP) is 6.73. The number of carbonyl (C=O) groups is 1. The first kappa shape index (κ1) is 28.9. The van der Waals surface area contributed by atoms with Crippen molar-refractivity contribution in [2.75, 3.05) is 7.11 Å². The van der Waals surface area contributed by atoms with Crippen molar-refractivity contribution in [3.63, 3.8) is 0 Å². The summed E-state index contributed by atoms with van der Waals surface area (Å²) in [7, 11) is 1.70. The third-order valence-electron chi connectivity index (χ3n) is 4.68. The molecule has 1 aliphatic rings. The number of ether oxygens (including phenoxy) is 1. The van der Waals surface area contributed by atoms with E-state index < -0.39 is 0 Å². The van der Waals surface area contributed by atoms with Gasteiger partial charge in [-0.15, -0.1) is 0 Å². The number of nitrogens with one attached hydrogen (secondary N) is 2. The minimum atomic E-state index is 0.00700. The van der Waals surface area contributed by atoms with E-state index >= 15 is 0 Å². The van der Waals surface area contributed by atoms with Crippen LogP contribution in [0.25, 0.3) is 0 Å². The Labute approximate surface area is 191 Å². The first-order valence-corrected chi connectivity index (χ1v) is 11.7. The smallest absolute Gasteiger partial charge is 0.161 e. The van der Waals surface area contributed by atoms with Gasteiger partial charge in [-0.05, 0) is 54.0 Å². The van der Waals surface area contributed by atoms with E-state index in [9.17, 15) is 4.79 Å². The van der Waals surface area contributed by atoms with Gasteiger partial charge in [-0.1, -0.05) is 74.5 Å². The fraction of sp³-hybridized carbons (Fsp3) is 0.593. The van der Waals surface area contributed by atoms with E-state index in [1.165, 1.54) is 11.1 Å². The minimum absolute atomic E-state index is 0.00700. The normalized spacial score (nSPS) is 15.4. The van der Waals surface area contributed by atoms with E-state index in [1.54, 1.807) is 14.0 Å². The van der Waals surface area contributed by atoms with Crippen LogP contribution in [0.5, 0.6) is 5.75 Å². The van der Waals surface area contributed by atoms with Gasteiger partial charge in [0.15, 0.2) is 5.78 Å². The van der Waals surface area contributed by atoms with Gasteiger partial charge in [0.25, 0.3) is 0 Å². The van der Waals surface area contributed by atoms with Crippen LogP contribution in [0.15, 0.2) is 41.6 Å². The molecule has 0 amide bonds. The molecule has 1 unspecified atom stereocenters. The summed E-state index contributed by atoms with van der Waals surface area (Å²) in [6, 6.07) is 6.25. The Kier molecular flexibility index (Phi) is 13.1. The van der Waals surface area contributed by atoms with Gasteiger partial charge in [0.05, 0.1) is 13.3 Å². The molecule has 176 valence electrons. The molecule has 0 radical (unpaired) electrons. The predicted molar refractivity (Wildman–Crippen MR) is 134 cm³/mol. The number of Topliss-reactive ketones (excluding diaryl/α,β-unsaturated/α-hetero) is 1. The fourth-order valence-electron chi connectivity index (χ4n) is 3.35. The van der Waals surface area contributed by atoms with E-state index in [2.05, 4.69) is 57.4 Å². The fourth-order valence-corrected chi connectivity index (χ4v) is 3.35. The van der Waals surface area contributed by atoms with Crippen LogP contribution in [0.4, 0.5) is 0 Å². The Balaban J connectivity index is 0.00000212. The lowest BCUT2D eigenvalue weighted by Gasteiger charge is -2.30. The Morgan fingerprint density at radius 2 is 1.77 bits per heavy atom. The molecule has 0 saturated heterocycles. The van der Waals surface area contributed by atoms with Crippen molar-refractivity contribution in [2.24, 2.45) is 5.41 Å². The molecule has 1 aliphatic heterocycles. The van der Waals surface area contributed by atoms with Gasteiger partial charge in [-0.2, -0.15) is 0 Å². The Hall–Kier alpha value is -2.07. The topological polar surface area (TPSA) is 50.4 Å². The van der Waals surface area contributed by atoms with Crippen molar-refractivity contribution < 1.29 is 9.53 Å². The molecule has 1 atom stereocenters. The molecule has 0 saturated carbocycles. The molecule has 2 rings (SSSR count). The summed E-state index contributed by atoms with van der Waals surface area (Å²) >= 11 is 0. The zero-order valence-electron chi connectivity index (χ0n) is 21.8. The monoisotopic (exact) mass is 430 g/mol. The quantitative estimate of drug-likeness (QED) is 0.504. The number of ketones is 1. The number of hydrogen-bond acceptors (Lipinski definition) is 4. The van der Waals surface area contributed by atoms with Crippen LogP contribution in [0.3, 0.4) is 0 Å². The number of rotatable bonds is 7. The number of dihydropyridines is 1. The van der Waals surface area contributed by atoms with E-state index in [1.807, 2.05) is 45.9 Å². The van der Waals surface area contributed by atoms with Crippen LogP contribution in [-0.4, -0.2) is 19.1 Å². The van der Waals surface area contributed by atoms with E-state index in [4.69, 9.17) is 4.74 Å². The number of methoxy groups -OCH3 is 1. The SMILES string of the molecule is CC.CC.COc1ccc(CNC2C=CC(C(C)=O)=C(CC(C)(C)C)N2)c(C(C)C)c1. The summed E-state index contributed by atoms with van der Waals surface area (Å²) in [4.78, 5) is 12.0. The molecule has 2 N–H and O–H groups in total. The molecule has 0 aliphatic carbocycles. The average molecular weight is 431 g/mol. The van der Waals surface area contributed by atoms with Crippen LogP contribution < -0.4 is 15.4 Å². The maximum Gasteiger partial charge on any atom is 0.161 e. The maximum atomic E-state index is 12.0. The molecule has 4 heteroatoms. The summed E-state index contributed by atoms with van der Waals surface area (Å²) in [6.45, 7) is 21.3. The first-order chi connectivity index (χ1) is 14.6. The Bertz CT molecular complexity index is 740. The molecule has 0 spiro atoms. The molecular formula is C27H46N2O2. The molecule has 4 nitrogen and oxygen atoms in total. The lowest BCUT2D eigenvalue weighted by molar-refractivity contribution is -0.113. The van der Waals surface area contributed by atoms with Crippen molar-refractivity contribution in [3.8, 4) is 5.75 Å². The third kappa shape index (κ3) is 9.73. The van der Waals surface area contributed by atoms with Crippen LogP contribution in [0.1, 0.15) is 92.7 Å². The molecule has 1 aromatic rings. The van der Waals surface area contributed by atoms with Gasteiger partial charge in [0, 0.05) is 17.8 Å². The van der Waals surface area contributed by atoms with Crippen molar-refractivity contribution in [1.82, 2.24) is 10.6 Å². The Morgan fingerprint density at radius 3 is 2.26 bits per heavy atom. The van der Waals surface area contributed by atoms with Crippen LogP contribution >= 0.6 is 0 Å². The highest BCUT2D eigenvalue weighted by molar-refractivity contribution is 5.97. The average Bonchev–Trinajstić information content (AvgIpc) is 2.73. The van der Waals surface area contributed by atoms with Crippen LogP contribution in [0.2, 0.25) is 0 Å². The molecule has 0 aromatic heterocycles. The van der Waals surface area contributed by atoms with Gasteiger partial charge in [0.2, 0.25) is 0 Å². The molecule has 31 heavy (non-hydrogen) atoms. The van der Waals surface area contributed by atoms with Gasteiger partial charge in [-0.25, -0.2) is 0 Å². The summed E-state index contributed by atoms with van der Waals surface area (Å²) < 4.78 is 5.37. The number of hydrogen-bond donors (Lipinski definition) is 2. The highest BCUT2D eigenvalue weighted by Gasteiger charge is 2.22. The summed E-state index contributed by atoms with van der Waals surface area (Å²) in [5.41, 5.74) is 4.47. The zero-order chi connectivity index (χ0) is 24.2. The summed E-state index contributed by atoms with van der Waals surface area (Å²) in [5, 5.41) is 7.08. The third-order valence-corrected chi connectivity index (χ3v) is 4.68. The van der Waals surface area contributed by atoms with Crippen molar-refractivity contribution in [3.05, 3.63) is 52.7 Å². The molecule has 0 bridgehead atoms. The van der Waals surface area contributed by atoms with Crippen molar-refractivity contribution >= 4 is 5.78 Å². The van der Waals surface area contributed by atoms with E-state index in [0.29, 0.717) is 5.92 Å². The standard InChI is InChI=1S/C23H34N2O2.2C2H6/c1-15(2)20-12-18(27-7)9-8-17(20)14-24-22-11-10-19(16(3)26)21(25-22)13-23(4,5)6;2*1-2/h8-12,15,22,24-25H,13-14H2,1-7H3;2*1-2H3. The molecule has 1 aromatic carbocycles. The molecule has 0 fully saturated rings. The lowest BCUT2D eigenvalue weighted by Crippen LogP contribution is -2.43. The second-order valence-electron chi connectivity index (χ2n) is 8.77. The number of carbonyl (C=O) groups excluding carboxylic acids is 1. The summed E-state index contributed by atoms with van der Waals surface area (Å²) in [5.74, 6) is 1.42. The van der Waals surface area contributed by atoms with Crippen LogP contribution in [-0.2, 0) is 11.3 Å². The molecule has 1 heterocycles. The van der Waals surface area contributed by atoms with E-state index in [-0.39, 0.29) is 17.4 Å². The highest BCUT2D eigenvalue weighted by Crippen LogP contribution is 2.28. The van der Waals surface area contributed by atoms with Gasteiger partial charge >= 0.3 is 0 Å². The van der Waals surface area contributed by atoms with Gasteiger partial charge in [-0.3, -0.25) is 10.1 Å². The number of allylic oxidation sites excluding steroid dienone is 3. The maximum absolute atomic E-state index is 12.0. The lowest BCUT2D eigenvalue weighted by atomic mass is 9.87. The largest absolute Gasteiger partial charge is 0.497 e. The minimum Gasteiger partial charge on any atom is -0.497 e.